The average Bonchev–Trinajstić information content (AvgIpc) is 2.87. The molecule has 0 aromatic heterocycles. The van der Waals surface area contributed by atoms with Gasteiger partial charge in [-0.15, -0.1) is 0 Å². The van der Waals surface area contributed by atoms with Crippen LogP contribution in [0, 0.1) is 5.82 Å². The molecule has 1 aliphatic heterocycles. The number of halogens is 2. The lowest BCUT2D eigenvalue weighted by atomic mass is 10.1. The first-order chi connectivity index (χ1) is 12.8. The highest BCUT2D eigenvalue weighted by atomic mass is 35.5. The maximum absolute atomic E-state index is 13.1. The van der Waals surface area contributed by atoms with Crippen LogP contribution in [0.25, 0.3) is 6.08 Å². The summed E-state index contributed by atoms with van der Waals surface area (Å²) in [5, 5.41) is 1.08. The zero-order valence-electron chi connectivity index (χ0n) is 15.1. The third kappa shape index (κ3) is 4.70. The van der Waals surface area contributed by atoms with Crippen LogP contribution in [0.15, 0.2) is 52.4 Å². The molecule has 0 aliphatic carbocycles. The summed E-state index contributed by atoms with van der Waals surface area (Å²) in [4.78, 5) is 19.0. The molecule has 1 saturated heterocycles. The van der Waals surface area contributed by atoms with E-state index in [0.717, 1.165) is 5.56 Å². The second-order valence-corrected chi connectivity index (χ2v) is 7.64. The minimum Gasteiger partial charge on any atom is -0.490 e. The highest BCUT2D eigenvalue weighted by Gasteiger charge is 2.30. The Hall–Kier alpha value is -2.31. The summed E-state index contributed by atoms with van der Waals surface area (Å²) in [6.07, 6.45) is 1.74. The summed E-state index contributed by atoms with van der Waals surface area (Å²) in [6.45, 7) is 3.87. The number of hydrogen-bond acceptors (Lipinski definition) is 4. The molecule has 0 radical (unpaired) electrons. The van der Waals surface area contributed by atoms with Crippen molar-refractivity contribution in [3.8, 4) is 5.75 Å². The van der Waals surface area contributed by atoms with Gasteiger partial charge < -0.3 is 4.74 Å². The molecule has 2 aromatic rings. The minimum atomic E-state index is -0.332. The van der Waals surface area contributed by atoms with Gasteiger partial charge in [0.25, 0.3) is 5.91 Å². The summed E-state index contributed by atoms with van der Waals surface area (Å²) in [5.74, 6) is 0.153. The molecule has 3 rings (SSSR count). The topological polar surface area (TPSA) is 41.9 Å². The Bertz CT molecular complexity index is 926. The fourth-order valence-electron chi connectivity index (χ4n) is 2.41. The number of nitrogens with zero attached hydrogens (tertiary/aromatic N) is 2. The maximum atomic E-state index is 13.1. The molecule has 4 nitrogen and oxygen atoms in total. The van der Waals surface area contributed by atoms with Crippen LogP contribution in [0.1, 0.15) is 19.4 Å². The van der Waals surface area contributed by atoms with Crippen LogP contribution >= 0.6 is 23.4 Å². The zero-order valence-corrected chi connectivity index (χ0v) is 16.6. The SMILES string of the molecule is CC(C)Oc1ccc(Cl)cc1/C=C1/SC(=Nc2ccc(F)cc2)N(C)C1=O. The largest absolute Gasteiger partial charge is 0.490 e. The van der Waals surface area contributed by atoms with Gasteiger partial charge in [0.2, 0.25) is 0 Å². The van der Waals surface area contributed by atoms with Gasteiger partial charge in [-0.05, 0) is 74.1 Å². The predicted octanol–water partition coefficient (Wildman–Crippen LogP) is 5.50. The van der Waals surface area contributed by atoms with Crippen LogP contribution in [0.3, 0.4) is 0 Å². The van der Waals surface area contributed by atoms with E-state index in [2.05, 4.69) is 4.99 Å². The summed E-state index contributed by atoms with van der Waals surface area (Å²) in [5.41, 5.74) is 1.30. The van der Waals surface area contributed by atoms with Crippen LogP contribution < -0.4 is 4.74 Å². The summed E-state index contributed by atoms with van der Waals surface area (Å²) < 4.78 is 18.9. The molecule has 1 fully saturated rings. The molecule has 2 aromatic carbocycles. The third-order valence-corrected chi connectivity index (χ3v) is 4.97. The van der Waals surface area contributed by atoms with Crippen LogP contribution in [-0.4, -0.2) is 29.1 Å². The Morgan fingerprint density at radius 2 is 1.93 bits per heavy atom. The minimum absolute atomic E-state index is 0.00599. The van der Waals surface area contributed by atoms with Crippen molar-refractivity contribution in [2.24, 2.45) is 4.99 Å². The number of benzene rings is 2. The molecule has 27 heavy (non-hydrogen) atoms. The van der Waals surface area contributed by atoms with Gasteiger partial charge >= 0.3 is 0 Å². The third-order valence-electron chi connectivity index (χ3n) is 3.68. The van der Waals surface area contributed by atoms with E-state index in [0.29, 0.717) is 26.5 Å². The van der Waals surface area contributed by atoms with Gasteiger partial charge in [0, 0.05) is 17.6 Å². The predicted molar refractivity (Wildman–Crippen MR) is 109 cm³/mol. The zero-order chi connectivity index (χ0) is 19.6. The highest BCUT2D eigenvalue weighted by molar-refractivity contribution is 8.18. The summed E-state index contributed by atoms with van der Waals surface area (Å²) in [7, 11) is 1.65. The Morgan fingerprint density at radius 3 is 2.59 bits per heavy atom. The normalized spacial score (nSPS) is 17.4. The standard InChI is InChI=1S/C20H18ClFN2O2S/c1-12(2)26-17-9-4-14(21)10-13(17)11-18-19(25)24(3)20(27-18)23-16-7-5-15(22)6-8-16/h4-12H,1-3H3/b18-11+,23-20?. The van der Waals surface area contributed by atoms with Gasteiger partial charge in [-0.1, -0.05) is 11.6 Å². The molecule has 140 valence electrons. The van der Waals surface area contributed by atoms with E-state index < -0.39 is 0 Å². The number of rotatable bonds is 4. The molecule has 1 heterocycles. The van der Waals surface area contributed by atoms with Crippen molar-refractivity contribution in [3.05, 3.63) is 63.8 Å². The number of thioether (sulfide) groups is 1. The monoisotopic (exact) mass is 404 g/mol. The van der Waals surface area contributed by atoms with Crippen LogP contribution in [-0.2, 0) is 4.79 Å². The van der Waals surface area contributed by atoms with Crippen molar-refractivity contribution in [1.29, 1.82) is 0 Å². The van der Waals surface area contributed by atoms with E-state index in [-0.39, 0.29) is 17.8 Å². The van der Waals surface area contributed by atoms with Crippen molar-refractivity contribution in [3.63, 3.8) is 0 Å². The van der Waals surface area contributed by atoms with Crippen LogP contribution in [0.4, 0.5) is 10.1 Å². The second kappa shape index (κ2) is 8.15. The second-order valence-electron chi connectivity index (χ2n) is 6.19. The van der Waals surface area contributed by atoms with Crippen LogP contribution in [0.5, 0.6) is 5.75 Å². The fraction of sp³-hybridized carbons (Fsp3) is 0.200. The summed E-state index contributed by atoms with van der Waals surface area (Å²) >= 11 is 7.36. The first-order valence-electron chi connectivity index (χ1n) is 8.31. The number of hydrogen-bond donors (Lipinski definition) is 0. The first kappa shape index (κ1) is 19.5. The molecule has 1 amide bonds. The quantitative estimate of drug-likeness (QED) is 0.632. The lowest BCUT2D eigenvalue weighted by Crippen LogP contribution is -2.23. The Labute approximate surface area is 166 Å². The molecule has 0 saturated carbocycles. The van der Waals surface area contributed by atoms with Gasteiger partial charge in [-0.2, -0.15) is 0 Å². The van der Waals surface area contributed by atoms with Crippen molar-refractivity contribution in [2.45, 2.75) is 20.0 Å². The number of aliphatic imine (C=N–C) groups is 1. The average molecular weight is 405 g/mol. The first-order valence-corrected chi connectivity index (χ1v) is 9.51. The smallest absolute Gasteiger partial charge is 0.266 e. The summed E-state index contributed by atoms with van der Waals surface area (Å²) in [6, 6.07) is 11.1. The molecule has 7 heteroatoms. The molecule has 0 atom stereocenters. The van der Waals surface area contributed by atoms with Gasteiger partial charge in [0.05, 0.1) is 16.7 Å². The molecule has 0 N–H and O–H groups in total. The molecular weight excluding hydrogens is 387 g/mol. The van der Waals surface area contributed by atoms with Crippen molar-refractivity contribution in [2.75, 3.05) is 7.05 Å². The van der Waals surface area contributed by atoms with E-state index in [1.807, 2.05) is 13.8 Å². The molecule has 0 spiro atoms. The van der Waals surface area contributed by atoms with Crippen LogP contribution in [0.2, 0.25) is 5.02 Å². The van der Waals surface area contributed by atoms with E-state index in [1.165, 1.54) is 28.8 Å². The molecular formula is C20H18ClFN2O2S. The van der Waals surface area contributed by atoms with E-state index in [4.69, 9.17) is 16.3 Å². The molecule has 0 unspecified atom stereocenters. The van der Waals surface area contributed by atoms with E-state index in [9.17, 15) is 9.18 Å². The van der Waals surface area contributed by atoms with E-state index in [1.54, 1.807) is 43.5 Å². The van der Waals surface area contributed by atoms with Crippen molar-refractivity contribution >= 4 is 46.2 Å². The lowest BCUT2D eigenvalue weighted by Gasteiger charge is -2.13. The number of carbonyl (C=O) groups is 1. The van der Waals surface area contributed by atoms with Gasteiger partial charge in [-0.25, -0.2) is 9.38 Å². The maximum Gasteiger partial charge on any atom is 0.266 e. The van der Waals surface area contributed by atoms with Crippen molar-refractivity contribution in [1.82, 2.24) is 4.90 Å². The number of amides is 1. The van der Waals surface area contributed by atoms with Gasteiger partial charge in [-0.3, -0.25) is 9.69 Å². The van der Waals surface area contributed by atoms with E-state index >= 15 is 0 Å². The fourth-order valence-corrected chi connectivity index (χ4v) is 3.57. The number of likely N-dealkylation sites (N-methyl/N-ethyl adjacent to an activating group) is 1. The Kier molecular flexibility index (Phi) is 5.87. The lowest BCUT2D eigenvalue weighted by molar-refractivity contribution is -0.121. The highest BCUT2D eigenvalue weighted by Crippen LogP contribution is 2.35. The Balaban J connectivity index is 1.93. The number of carbonyl (C=O) groups excluding carboxylic acids is 1. The number of amidine groups is 1. The Morgan fingerprint density at radius 1 is 1.22 bits per heavy atom. The molecule has 0 bridgehead atoms. The molecule has 1 aliphatic rings. The van der Waals surface area contributed by atoms with Gasteiger partial charge in [0.15, 0.2) is 5.17 Å². The number of ether oxygens (including phenoxy) is 1. The van der Waals surface area contributed by atoms with Gasteiger partial charge in [0.1, 0.15) is 11.6 Å². The van der Waals surface area contributed by atoms with Crippen molar-refractivity contribution < 1.29 is 13.9 Å².